The summed E-state index contributed by atoms with van der Waals surface area (Å²) >= 11 is 0. The van der Waals surface area contributed by atoms with E-state index in [1.54, 1.807) is 62.4 Å². The van der Waals surface area contributed by atoms with Crippen LogP contribution in [0.15, 0.2) is 53.5 Å². The molecule has 0 saturated carbocycles. The van der Waals surface area contributed by atoms with E-state index in [2.05, 4.69) is 5.32 Å². The third-order valence-electron chi connectivity index (χ3n) is 11.0. The molecule has 0 aromatic heterocycles. The van der Waals surface area contributed by atoms with E-state index in [0.717, 1.165) is 55.6 Å². The first-order valence-electron chi connectivity index (χ1n) is 23.4. The molecule has 75 heavy (non-hydrogen) atoms. The lowest BCUT2D eigenvalue weighted by Crippen LogP contribution is -2.67. The van der Waals surface area contributed by atoms with E-state index in [1.165, 1.54) is 14.2 Å². The van der Waals surface area contributed by atoms with Crippen molar-refractivity contribution in [2.75, 3.05) is 41.2 Å². The van der Waals surface area contributed by atoms with E-state index in [9.17, 15) is 43.2 Å². The maximum atomic E-state index is 14.6. The summed E-state index contributed by atoms with van der Waals surface area (Å²) in [5, 5.41) is 2.69. The molecule has 0 radical (unpaired) electrons. The molecule has 2 aromatic carbocycles. The summed E-state index contributed by atoms with van der Waals surface area (Å²) in [5.41, 5.74) is 1.24. The molecule has 4 rings (SSSR count). The highest BCUT2D eigenvalue weighted by atomic mass is 16.8. The Bertz CT molecular complexity index is 2310. The SMILES string of the molecule is COC(=O)[C@@H](NC(=O)[C@H](CO[C@@H]1O[C@H](COC(C)=O)[C@@H](O[C@@H]2O[C@H](COC(C)=O)[C@H](OC(C)=O)[C@H](OC(C)=O)[C@H]2OC(C)=O)[C@H](OC(C)=O)[C@H]1OC(C)=O)N=C(c1ccc(OC)cc1)c1ccc(OC)cc1)C(C)C. The van der Waals surface area contributed by atoms with Crippen LogP contribution < -0.4 is 14.8 Å². The molecule has 412 valence electrons. The molecule has 0 bridgehead atoms. The van der Waals surface area contributed by atoms with Gasteiger partial charge in [-0.25, -0.2) is 4.79 Å². The minimum Gasteiger partial charge on any atom is -0.497 e. The van der Waals surface area contributed by atoms with E-state index in [0.29, 0.717) is 22.6 Å². The van der Waals surface area contributed by atoms with Gasteiger partial charge < -0.3 is 71.6 Å². The molecule has 0 unspecified atom stereocenters. The van der Waals surface area contributed by atoms with Crippen molar-refractivity contribution in [1.82, 2.24) is 5.32 Å². The minimum absolute atomic E-state index is 0.244. The molecule has 2 aliphatic rings. The molecule has 2 fully saturated rings. The molecular formula is C50H64N2O23. The Hall–Kier alpha value is -7.22. The van der Waals surface area contributed by atoms with Crippen molar-refractivity contribution >= 4 is 59.4 Å². The maximum Gasteiger partial charge on any atom is 0.328 e. The van der Waals surface area contributed by atoms with Gasteiger partial charge in [-0.3, -0.25) is 43.3 Å². The fourth-order valence-electron chi connectivity index (χ4n) is 7.81. The Kier molecular flexibility index (Phi) is 22.9. The number of benzene rings is 2. The summed E-state index contributed by atoms with van der Waals surface area (Å²) in [4.78, 5) is 121. The van der Waals surface area contributed by atoms with E-state index in [-0.39, 0.29) is 5.71 Å². The average Bonchev–Trinajstić information content (AvgIpc) is 3.34. The summed E-state index contributed by atoms with van der Waals surface area (Å²) in [5.74, 6) is -7.55. The first-order chi connectivity index (χ1) is 35.5. The van der Waals surface area contributed by atoms with Gasteiger partial charge in [0, 0.05) is 59.6 Å². The number of hydrogen-bond acceptors (Lipinski definition) is 24. The van der Waals surface area contributed by atoms with Gasteiger partial charge in [0.1, 0.15) is 49.1 Å². The van der Waals surface area contributed by atoms with Crippen LogP contribution in [-0.2, 0) is 100.0 Å². The quantitative estimate of drug-likeness (QED) is 0.0943. The topological polar surface area (TPSA) is 307 Å². The Morgan fingerprint density at radius 3 is 1.35 bits per heavy atom. The second-order valence-corrected chi connectivity index (χ2v) is 17.2. The summed E-state index contributed by atoms with van der Waals surface area (Å²) in [6.07, 6.45) is -17.5. The third-order valence-corrected chi connectivity index (χ3v) is 11.0. The molecule has 0 spiro atoms. The van der Waals surface area contributed by atoms with E-state index in [1.807, 2.05) is 0 Å². The summed E-state index contributed by atoms with van der Waals surface area (Å²) in [7, 11) is 4.13. The largest absolute Gasteiger partial charge is 0.497 e. The van der Waals surface area contributed by atoms with Crippen LogP contribution in [0.5, 0.6) is 11.5 Å². The van der Waals surface area contributed by atoms with Gasteiger partial charge in [-0.2, -0.15) is 0 Å². The fraction of sp³-hybridized carbons (Fsp3) is 0.560. The number of ether oxygens (including phenoxy) is 14. The van der Waals surface area contributed by atoms with Gasteiger partial charge in [0.15, 0.2) is 49.1 Å². The number of aliphatic imine (C=N–C) groups is 1. The zero-order chi connectivity index (χ0) is 55.7. The summed E-state index contributed by atoms with van der Waals surface area (Å²) in [6, 6.07) is 10.7. The molecule has 1 N–H and O–H groups in total. The number of hydrogen-bond donors (Lipinski definition) is 1. The summed E-state index contributed by atoms with van der Waals surface area (Å²) < 4.78 is 79.7. The number of methoxy groups -OCH3 is 3. The standard InChI is InChI=1S/C50H64N2O23/c1-24(2)39(48(61)64-12)52-47(60)36(51-40(32-13-17-34(62-10)18-14-32)33-15-19-35(63-11)20-16-33)21-67-49-45(71-30(8)58)44(70-29(7)57)42(38(73-49)23-66-26(4)54)75-50-46(72-31(9)59)43(69-28(6)56)41(68-27(5)55)37(74-50)22-65-25(3)53/h13-20,24,36-39,41-46,49-50H,21-23H2,1-12H3,(H,52,60)/t36-,37+,38+,39-,41-,42+,43-,44-,45+,46+,49+,50-/m0/s1. The zero-order valence-corrected chi connectivity index (χ0v) is 43.6. The predicted octanol–water partition coefficient (Wildman–Crippen LogP) is 1.86. The van der Waals surface area contributed by atoms with Crippen molar-refractivity contribution in [2.24, 2.45) is 10.9 Å². The van der Waals surface area contributed by atoms with Gasteiger partial charge in [-0.1, -0.05) is 13.8 Å². The van der Waals surface area contributed by atoms with Crippen molar-refractivity contribution in [2.45, 2.75) is 136 Å². The lowest BCUT2D eigenvalue weighted by Gasteiger charge is -2.48. The number of carbonyl (C=O) groups excluding carboxylic acids is 9. The monoisotopic (exact) mass is 1060 g/mol. The molecule has 2 aromatic rings. The van der Waals surface area contributed by atoms with E-state index in [4.69, 9.17) is 71.3 Å². The number of rotatable bonds is 23. The van der Waals surface area contributed by atoms with Crippen LogP contribution >= 0.6 is 0 Å². The normalized spacial score (nSPS) is 23.9. The van der Waals surface area contributed by atoms with E-state index < -0.39 is 153 Å². The summed E-state index contributed by atoms with van der Waals surface area (Å²) in [6.45, 7) is 8.45. The van der Waals surface area contributed by atoms with Crippen molar-refractivity contribution in [1.29, 1.82) is 0 Å². The molecule has 2 aliphatic heterocycles. The minimum atomic E-state index is -1.94. The smallest absolute Gasteiger partial charge is 0.328 e. The first-order valence-corrected chi connectivity index (χ1v) is 23.4. The lowest BCUT2D eigenvalue weighted by atomic mass is 9.96. The van der Waals surface area contributed by atoms with E-state index >= 15 is 0 Å². The van der Waals surface area contributed by atoms with Crippen LogP contribution in [0.4, 0.5) is 0 Å². The maximum absolute atomic E-state index is 14.6. The predicted molar refractivity (Wildman–Crippen MR) is 253 cm³/mol. The average molecular weight is 1060 g/mol. The molecule has 1 amide bonds. The number of esters is 8. The highest BCUT2D eigenvalue weighted by molar-refractivity contribution is 6.13. The van der Waals surface area contributed by atoms with Crippen LogP contribution in [0.2, 0.25) is 0 Å². The highest BCUT2D eigenvalue weighted by Gasteiger charge is 2.58. The molecule has 2 heterocycles. The second-order valence-electron chi connectivity index (χ2n) is 17.2. The second kappa shape index (κ2) is 28.5. The molecule has 2 saturated heterocycles. The number of carbonyl (C=O) groups is 9. The van der Waals surface area contributed by atoms with Crippen LogP contribution in [0.3, 0.4) is 0 Å². The molecule has 25 nitrogen and oxygen atoms in total. The van der Waals surface area contributed by atoms with Crippen molar-refractivity contribution in [3.63, 3.8) is 0 Å². The van der Waals surface area contributed by atoms with Gasteiger partial charge in [-0.05, 0) is 54.4 Å². The fourth-order valence-corrected chi connectivity index (χ4v) is 7.81. The van der Waals surface area contributed by atoms with Crippen LogP contribution in [0.25, 0.3) is 0 Å². The number of amides is 1. The van der Waals surface area contributed by atoms with Crippen molar-refractivity contribution in [3.05, 3.63) is 59.7 Å². The van der Waals surface area contributed by atoms with Crippen molar-refractivity contribution in [3.8, 4) is 11.5 Å². The Morgan fingerprint density at radius 1 is 0.533 bits per heavy atom. The molecule has 12 atom stereocenters. The van der Waals surface area contributed by atoms with Crippen molar-refractivity contribution < 1.29 is 109 Å². The first kappa shape index (κ1) is 60.3. The third kappa shape index (κ3) is 17.7. The Morgan fingerprint density at radius 2 is 0.933 bits per heavy atom. The molecular weight excluding hydrogens is 997 g/mol. The van der Waals surface area contributed by atoms with Crippen LogP contribution in [0, 0.1) is 5.92 Å². The zero-order valence-electron chi connectivity index (χ0n) is 43.6. The molecule has 0 aliphatic carbocycles. The van der Waals surface area contributed by atoms with Gasteiger partial charge in [0.2, 0.25) is 5.91 Å². The molecule has 25 heteroatoms. The lowest BCUT2D eigenvalue weighted by molar-refractivity contribution is -0.361. The number of nitrogens with one attached hydrogen (secondary N) is 1. The Balaban J connectivity index is 1.91. The van der Waals surface area contributed by atoms with Gasteiger partial charge in [-0.15, -0.1) is 0 Å². The van der Waals surface area contributed by atoms with Crippen LogP contribution in [0.1, 0.15) is 73.4 Å². The van der Waals surface area contributed by atoms with Gasteiger partial charge in [0.05, 0.1) is 33.6 Å². The van der Waals surface area contributed by atoms with Gasteiger partial charge in [0.25, 0.3) is 0 Å². The number of nitrogens with zero attached hydrogens (tertiary/aromatic N) is 1. The highest BCUT2D eigenvalue weighted by Crippen LogP contribution is 2.36. The van der Waals surface area contributed by atoms with Gasteiger partial charge >= 0.3 is 47.8 Å². The van der Waals surface area contributed by atoms with Crippen LogP contribution in [-0.4, -0.2) is 174 Å². The Labute approximate surface area is 432 Å².